The predicted octanol–water partition coefficient (Wildman–Crippen LogP) is 6.00. The standard InChI is InChI=1S/C26H23FN2O3S/c1-3-31-23-14-18(7-12-22(23)32-16-19-6-4-5-17(2)13-19)15-24-25(30)29-26(33-24)28-21-10-8-20(27)9-11-21/h4-15H,3,16H2,1-2H3,(H,28,29,30)/b24-15+. The molecule has 1 saturated heterocycles. The lowest BCUT2D eigenvalue weighted by Crippen LogP contribution is -2.19. The van der Waals surface area contributed by atoms with E-state index < -0.39 is 0 Å². The van der Waals surface area contributed by atoms with Gasteiger partial charge in [-0.3, -0.25) is 4.79 Å². The summed E-state index contributed by atoms with van der Waals surface area (Å²) in [5, 5.41) is 3.18. The summed E-state index contributed by atoms with van der Waals surface area (Å²) < 4.78 is 24.8. The van der Waals surface area contributed by atoms with Crippen LogP contribution in [-0.2, 0) is 11.4 Å². The Morgan fingerprint density at radius 2 is 1.85 bits per heavy atom. The van der Waals surface area contributed by atoms with Crippen LogP contribution < -0.4 is 14.8 Å². The first-order valence-corrected chi connectivity index (χ1v) is 11.3. The molecule has 5 nitrogen and oxygen atoms in total. The van der Waals surface area contributed by atoms with Gasteiger partial charge in [0.1, 0.15) is 12.4 Å². The highest BCUT2D eigenvalue weighted by atomic mass is 32.2. The van der Waals surface area contributed by atoms with Crippen LogP contribution in [0.15, 0.2) is 76.6 Å². The molecule has 0 spiro atoms. The molecule has 0 radical (unpaired) electrons. The molecule has 1 aliphatic heterocycles. The van der Waals surface area contributed by atoms with Crippen LogP contribution in [0.3, 0.4) is 0 Å². The number of carbonyl (C=O) groups excluding carboxylic acids is 1. The van der Waals surface area contributed by atoms with Gasteiger partial charge in [0, 0.05) is 0 Å². The summed E-state index contributed by atoms with van der Waals surface area (Å²) >= 11 is 1.23. The number of aryl methyl sites for hydroxylation is 1. The monoisotopic (exact) mass is 462 g/mol. The first-order valence-electron chi connectivity index (χ1n) is 10.5. The largest absolute Gasteiger partial charge is 0.490 e. The maximum atomic E-state index is 13.1. The van der Waals surface area contributed by atoms with E-state index in [1.54, 1.807) is 18.2 Å². The van der Waals surface area contributed by atoms with Crippen molar-refractivity contribution in [3.05, 3.63) is 94.1 Å². The van der Waals surface area contributed by atoms with E-state index in [9.17, 15) is 9.18 Å². The van der Waals surface area contributed by atoms with E-state index in [-0.39, 0.29) is 11.7 Å². The average Bonchev–Trinajstić information content (AvgIpc) is 3.13. The molecule has 0 saturated carbocycles. The number of amidine groups is 1. The van der Waals surface area contributed by atoms with Gasteiger partial charge >= 0.3 is 0 Å². The number of nitrogens with zero attached hydrogens (tertiary/aromatic N) is 1. The van der Waals surface area contributed by atoms with Gasteiger partial charge in [0.15, 0.2) is 16.7 Å². The molecule has 0 aromatic heterocycles. The number of nitrogens with one attached hydrogen (secondary N) is 1. The lowest BCUT2D eigenvalue weighted by molar-refractivity contribution is -0.115. The van der Waals surface area contributed by atoms with E-state index in [1.165, 1.54) is 29.5 Å². The Morgan fingerprint density at radius 3 is 2.61 bits per heavy atom. The molecule has 1 heterocycles. The topological polar surface area (TPSA) is 59.9 Å². The van der Waals surface area contributed by atoms with Gasteiger partial charge in [-0.15, -0.1) is 0 Å². The molecule has 4 rings (SSSR count). The van der Waals surface area contributed by atoms with Gasteiger partial charge in [0.25, 0.3) is 5.91 Å². The van der Waals surface area contributed by atoms with Crippen LogP contribution in [0.4, 0.5) is 10.1 Å². The van der Waals surface area contributed by atoms with Crippen LogP contribution in [0.5, 0.6) is 11.5 Å². The molecule has 1 aliphatic rings. The quantitative estimate of drug-likeness (QED) is 0.437. The molecule has 0 bridgehead atoms. The summed E-state index contributed by atoms with van der Waals surface area (Å²) in [6.07, 6.45) is 1.78. The lowest BCUT2D eigenvalue weighted by Gasteiger charge is -2.13. The maximum absolute atomic E-state index is 13.1. The third-order valence-corrected chi connectivity index (χ3v) is 5.66. The zero-order valence-corrected chi connectivity index (χ0v) is 19.1. The minimum absolute atomic E-state index is 0.237. The SMILES string of the molecule is CCOc1cc(/C=C2/SC(=Nc3ccc(F)cc3)NC2=O)ccc1OCc1cccc(C)c1. The molecule has 0 atom stereocenters. The van der Waals surface area contributed by atoms with Crippen molar-refractivity contribution in [1.82, 2.24) is 5.32 Å². The van der Waals surface area contributed by atoms with Crippen molar-refractivity contribution in [2.45, 2.75) is 20.5 Å². The van der Waals surface area contributed by atoms with Gasteiger partial charge < -0.3 is 14.8 Å². The van der Waals surface area contributed by atoms with E-state index in [1.807, 2.05) is 50.2 Å². The lowest BCUT2D eigenvalue weighted by atomic mass is 10.1. The molecule has 3 aromatic carbocycles. The average molecular weight is 463 g/mol. The van der Waals surface area contributed by atoms with Crippen LogP contribution in [0.25, 0.3) is 6.08 Å². The summed E-state index contributed by atoms with van der Waals surface area (Å²) in [6, 6.07) is 19.5. The number of carbonyl (C=O) groups is 1. The van der Waals surface area contributed by atoms with Crippen LogP contribution in [-0.4, -0.2) is 17.7 Å². The van der Waals surface area contributed by atoms with Crippen molar-refractivity contribution >= 4 is 34.6 Å². The number of thioether (sulfide) groups is 1. The fraction of sp³-hybridized carbons (Fsp3) is 0.154. The van der Waals surface area contributed by atoms with Crippen LogP contribution in [0.1, 0.15) is 23.6 Å². The van der Waals surface area contributed by atoms with Crippen molar-refractivity contribution in [3.63, 3.8) is 0 Å². The molecule has 33 heavy (non-hydrogen) atoms. The van der Waals surface area contributed by atoms with Gasteiger partial charge in [-0.05, 0) is 79.2 Å². The minimum Gasteiger partial charge on any atom is -0.490 e. The highest BCUT2D eigenvalue weighted by Gasteiger charge is 2.24. The third kappa shape index (κ3) is 6.02. The smallest absolute Gasteiger partial charge is 0.264 e. The number of hydrogen-bond donors (Lipinski definition) is 1. The molecule has 1 fully saturated rings. The molecule has 3 aromatic rings. The second kappa shape index (κ2) is 10.4. The van der Waals surface area contributed by atoms with Gasteiger partial charge in [-0.1, -0.05) is 35.9 Å². The Morgan fingerprint density at radius 1 is 1.03 bits per heavy atom. The number of ether oxygens (including phenoxy) is 2. The van der Waals surface area contributed by atoms with Crippen molar-refractivity contribution in [3.8, 4) is 11.5 Å². The van der Waals surface area contributed by atoms with Crippen LogP contribution in [0.2, 0.25) is 0 Å². The van der Waals surface area contributed by atoms with Crippen LogP contribution >= 0.6 is 11.8 Å². The zero-order chi connectivity index (χ0) is 23.2. The van der Waals surface area contributed by atoms with E-state index in [0.29, 0.717) is 40.5 Å². The fourth-order valence-corrected chi connectivity index (χ4v) is 4.07. The van der Waals surface area contributed by atoms with Gasteiger partial charge in [-0.2, -0.15) is 0 Å². The number of benzene rings is 3. The maximum Gasteiger partial charge on any atom is 0.264 e. The van der Waals surface area contributed by atoms with E-state index in [4.69, 9.17) is 9.47 Å². The molecule has 0 unspecified atom stereocenters. The Labute approximate surface area is 196 Å². The number of hydrogen-bond acceptors (Lipinski definition) is 5. The summed E-state index contributed by atoms with van der Waals surface area (Å²) in [5.41, 5.74) is 3.63. The molecule has 1 N–H and O–H groups in total. The zero-order valence-electron chi connectivity index (χ0n) is 18.3. The highest BCUT2D eigenvalue weighted by Crippen LogP contribution is 2.33. The molecular weight excluding hydrogens is 439 g/mol. The van der Waals surface area contributed by atoms with E-state index in [2.05, 4.69) is 16.4 Å². The highest BCUT2D eigenvalue weighted by molar-refractivity contribution is 8.18. The molecule has 1 amide bonds. The first-order chi connectivity index (χ1) is 16.0. The van der Waals surface area contributed by atoms with E-state index >= 15 is 0 Å². The van der Waals surface area contributed by atoms with Gasteiger partial charge in [0.2, 0.25) is 0 Å². The normalized spacial score (nSPS) is 15.7. The molecule has 168 valence electrons. The predicted molar refractivity (Wildman–Crippen MR) is 130 cm³/mol. The molecule has 7 heteroatoms. The Hall–Kier alpha value is -3.58. The van der Waals surface area contributed by atoms with Gasteiger partial charge in [0.05, 0.1) is 17.2 Å². The Balaban J connectivity index is 1.50. The summed E-state index contributed by atoms with van der Waals surface area (Å²) in [4.78, 5) is 17.3. The van der Waals surface area contributed by atoms with Crippen molar-refractivity contribution in [2.75, 3.05) is 6.61 Å². The fourth-order valence-electron chi connectivity index (χ4n) is 3.23. The molecule has 0 aliphatic carbocycles. The van der Waals surface area contributed by atoms with Gasteiger partial charge in [-0.25, -0.2) is 9.38 Å². The Bertz CT molecular complexity index is 1220. The number of halogens is 1. The van der Waals surface area contributed by atoms with Crippen molar-refractivity contribution in [2.24, 2.45) is 4.99 Å². The van der Waals surface area contributed by atoms with E-state index in [0.717, 1.165) is 11.1 Å². The molecular formula is C26H23FN2O3S. The summed E-state index contributed by atoms with van der Waals surface area (Å²) in [5.74, 6) is 0.684. The third-order valence-electron chi connectivity index (χ3n) is 4.75. The number of amides is 1. The number of rotatable bonds is 7. The second-order valence-electron chi connectivity index (χ2n) is 7.38. The van der Waals surface area contributed by atoms with Crippen molar-refractivity contribution in [1.29, 1.82) is 0 Å². The summed E-state index contributed by atoms with van der Waals surface area (Å²) in [7, 11) is 0. The van der Waals surface area contributed by atoms with Crippen molar-refractivity contribution < 1.29 is 18.7 Å². The first kappa shape index (κ1) is 22.6. The van der Waals surface area contributed by atoms with Crippen LogP contribution in [0, 0.1) is 12.7 Å². The second-order valence-corrected chi connectivity index (χ2v) is 8.41. The summed E-state index contributed by atoms with van der Waals surface area (Å²) in [6.45, 7) is 4.88. The Kier molecular flexibility index (Phi) is 7.10. The minimum atomic E-state index is -0.334. The number of aliphatic imine (C=N–C) groups is 1.